The van der Waals surface area contributed by atoms with Gasteiger partial charge in [0, 0.05) is 18.1 Å². The first kappa shape index (κ1) is 11.3. The minimum absolute atomic E-state index is 0.577. The molecule has 0 spiro atoms. The van der Waals surface area contributed by atoms with Crippen molar-refractivity contribution in [3.63, 3.8) is 0 Å². The van der Waals surface area contributed by atoms with Crippen LogP contribution in [0, 0.1) is 11.3 Å². The molecule has 0 saturated heterocycles. The molecule has 2 rings (SSSR count). The number of rotatable bonds is 2. The Morgan fingerprint density at radius 3 is 2.69 bits per heavy atom. The zero-order chi connectivity index (χ0) is 11.5. The molecule has 1 aromatic carbocycles. The fourth-order valence-corrected chi connectivity index (χ4v) is 2.57. The molecule has 0 bridgehead atoms. The van der Waals surface area contributed by atoms with Crippen molar-refractivity contribution in [2.75, 3.05) is 11.9 Å². The van der Waals surface area contributed by atoms with Gasteiger partial charge in [0.2, 0.25) is 0 Å². The first-order valence-corrected chi connectivity index (χ1v) is 6.02. The lowest BCUT2D eigenvalue weighted by Crippen LogP contribution is -2.29. The van der Waals surface area contributed by atoms with E-state index < -0.39 is 0 Å². The maximum atomic E-state index is 9.10. The Balaban J connectivity index is 2.28. The monoisotopic (exact) mass is 234 g/mol. The summed E-state index contributed by atoms with van der Waals surface area (Å²) >= 11 is 5.89. The normalized spacial score (nSPS) is 16.1. The smallest absolute Gasteiger partial charge is 0.101 e. The molecule has 0 atom stereocenters. The molecule has 0 aliphatic heterocycles. The molecular formula is C13H15ClN2. The van der Waals surface area contributed by atoms with Crippen LogP contribution in [0.3, 0.4) is 0 Å². The minimum atomic E-state index is 0.577. The van der Waals surface area contributed by atoms with Crippen LogP contribution in [0.2, 0.25) is 5.02 Å². The maximum absolute atomic E-state index is 9.10. The van der Waals surface area contributed by atoms with Gasteiger partial charge in [0.15, 0.2) is 0 Å². The number of halogens is 1. The van der Waals surface area contributed by atoms with E-state index in [9.17, 15) is 0 Å². The zero-order valence-corrected chi connectivity index (χ0v) is 10.2. The van der Waals surface area contributed by atoms with Crippen molar-refractivity contribution in [3.8, 4) is 6.07 Å². The summed E-state index contributed by atoms with van der Waals surface area (Å²) in [5.74, 6) is 0. The topological polar surface area (TPSA) is 27.0 Å². The van der Waals surface area contributed by atoms with Crippen molar-refractivity contribution < 1.29 is 0 Å². The van der Waals surface area contributed by atoms with Gasteiger partial charge in [0.1, 0.15) is 6.07 Å². The van der Waals surface area contributed by atoms with E-state index in [2.05, 4.69) is 18.0 Å². The van der Waals surface area contributed by atoms with Gasteiger partial charge in [-0.2, -0.15) is 5.26 Å². The third kappa shape index (κ3) is 2.15. The van der Waals surface area contributed by atoms with Gasteiger partial charge in [-0.15, -0.1) is 0 Å². The van der Waals surface area contributed by atoms with Gasteiger partial charge in [0.25, 0.3) is 0 Å². The summed E-state index contributed by atoms with van der Waals surface area (Å²) in [5, 5.41) is 9.72. The lowest BCUT2D eigenvalue weighted by Gasteiger charge is -2.27. The van der Waals surface area contributed by atoms with Gasteiger partial charge >= 0.3 is 0 Å². The Bertz CT molecular complexity index is 416. The van der Waals surface area contributed by atoms with E-state index in [0.29, 0.717) is 16.6 Å². The first-order valence-electron chi connectivity index (χ1n) is 5.65. The molecule has 0 aromatic heterocycles. The van der Waals surface area contributed by atoms with Gasteiger partial charge in [-0.3, -0.25) is 0 Å². The van der Waals surface area contributed by atoms with E-state index in [-0.39, 0.29) is 0 Å². The second-order valence-corrected chi connectivity index (χ2v) is 4.76. The second-order valence-electron chi connectivity index (χ2n) is 4.32. The molecule has 1 fully saturated rings. The van der Waals surface area contributed by atoms with Crippen molar-refractivity contribution in [2.45, 2.75) is 31.7 Å². The van der Waals surface area contributed by atoms with Gasteiger partial charge in [-0.25, -0.2) is 0 Å². The molecule has 0 amide bonds. The molecule has 1 aromatic rings. The maximum Gasteiger partial charge on any atom is 0.101 e. The van der Waals surface area contributed by atoms with E-state index >= 15 is 0 Å². The number of hydrogen-bond acceptors (Lipinski definition) is 2. The molecule has 2 nitrogen and oxygen atoms in total. The van der Waals surface area contributed by atoms with Crippen LogP contribution in [0.1, 0.15) is 31.2 Å². The Labute approximate surface area is 101 Å². The number of hydrogen-bond donors (Lipinski definition) is 0. The minimum Gasteiger partial charge on any atom is -0.371 e. The highest BCUT2D eigenvalue weighted by Crippen LogP contribution is 2.30. The van der Waals surface area contributed by atoms with E-state index in [1.807, 2.05) is 12.1 Å². The first-order chi connectivity index (χ1) is 7.72. The highest BCUT2D eigenvalue weighted by molar-refractivity contribution is 6.30. The summed E-state index contributed by atoms with van der Waals surface area (Å²) in [5.41, 5.74) is 1.67. The Morgan fingerprint density at radius 2 is 2.06 bits per heavy atom. The van der Waals surface area contributed by atoms with E-state index in [4.69, 9.17) is 16.9 Å². The largest absolute Gasteiger partial charge is 0.371 e. The van der Waals surface area contributed by atoms with Crippen molar-refractivity contribution in [1.29, 1.82) is 5.26 Å². The van der Waals surface area contributed by atoms with E-state index in [0.717, 1.165) is 5.69 Å². The molecular weight excluding hydrogens is 220 g/mol. The van der Waals surface area contributed by atoms with Crippen LogP contribution in [0.25, 0.3) is 0 Å². The summed E-state index contributed by atoms with van der Waals surface area (Å²) < 4.78 is 0. The van der Waals surface area contributed by atoms with Crippen molar-refractivity contribution in [3.05, 3.63) is 28.8 Å². The van der Waals surface area contributed by atoms with Crippen LogP contribution in [-0.4, -0.2) is 13.1 Å². The summed E-state index contributed by atoms with van der Waals surface area (Å²) in [6, 6.07) is 8.32. The van der Waals surface area contributed by atoms with Gasteiger partial charge in [-0.1, -0.05) is 24.4 Å². The summed E-state index contributed by atoms with van der Waals surface area (Å²) in [4.78, 5) is 2.22. The summed E-state index contributed by atoms with van der Waals surface area (Å²) in [6.45, 7) is 0. The number of nitriles is 1. The summed E-state index contributed by atoms with van der Waals surface area (Å²) in [7, 11) is 2.07. The molecule has 0 N–H and O–H groups in total. The average Bonchev–Trinajstić information content (AvgIpc) is 2.81. The molecule has 1 aliphatic carbocycles. The van der Waals surface area contributed by atoms with Crippen LogP contribution in [0.15, 0.2) is 18.2 Å². The van der Waals surface area contributed by atoms with Gasteiger partial charge in [-0.05, 0) is 31.0 Å². The quantitative estimate of drug-likeness (QED) is 0.782. The van der Waals surface area contributed by atoms with Crippen LogP contribution in [0.5, 0.6) is 0 Å². The second kappa shape index (κ2) is 4.76. The van der Waals surface area contributed by atoms with Crippen LogP contribution >= 0.6 is 11.6 Å². The molecule has 3 heteroatoms. The van der Waals surface area contributed by atoms with Gasteiger partial charge in [0.05, 0.1) is 11.3 Å². The Hall–Kier alpha value is -1.20. The standard InChI is InChI=1S/C13H15ClN2/c1-16(12-4-2-3-5-12)13-7-6-11(14)8-10(13)9-15/h6-8,12H,2-5H2,1H3. The zero-order valence-electron chi connectivity index (χ0n) is 9.41. The lowest BCUT2D eigenvalue weighted by molar-refractivity contribution is 0.653. The summed E-state index contributed by atoms with van der Waals surface area (Å²) in [6.07, 6.45) is 5.04. The number of benzene rings is 1. The third-order valence-corrected chi connectivity index (χ3v) is 3.57. The fraction of sp³-hybridized carbons (Fsp3) is 0.462. The number of nitrogens with zero attached hydrogens (tertiary/aromatic N) is 2. The Kier molecular flexibility index (Phi) is 3.36. The SMILES string of the molecule is CN(c1ccc(Cl)cc1C#N)C1CCCC1. The molecule has 16 heavy (non-hydrogen) atoms. The molecule has 0 heterocycles. The van der Waals surface area contributed by atoms with Crippen molar-refractivity contribution in [1.82, 2.24) is 0 Å². The molecule has 0 radical (unpaired) electrons. The van der Waals surface area contributed by atoms with Crippen LogP contribution in [-0.2, 0) is 0 Å². The highest BCUT2D eigenvalue weighted by atomic mass is 35.5. The fourth-order valence-electron chi connectivity index (χ4n) is 2.39. The highest BCUT2D eigenvalue weighted by Gasteiger charge is 2.21. The van der Waals surface area contributed by atoms with Crippen LogP contribution in [0.4, 0.5) is 5.69 Å². The molecule has 1 saturated carbocycles. The Morgan fingerprint density at radius 1 is 1.38 bits per heavy atom. The molecule has 84 valence electrons. The van der Waals surface area contributed by atoms with Crippen molar-refractivity contribution in [2.24, 2.45) is 0 Å². The predicted molar refractivity (Wildman–Crippen MR) is 66.8 cm³/mol. The van der Waals surface area contributed by atoms with E-state index in [1.54, 1.807) is 6.07 Å². The predicted octanol–water partition coefficient (Wildman–Crippen LogP) is 3.59. The number of anilines is 1. The van der Waals surface area contributed by atoms with Crippen LogP contribution < -0.4 is 4.90 Å². The van der Waals surface area contributed by atoms with Gasteiger partial charge < -0.3 is 4.90 Å². The third-order valence-electron chi connectivity index (χ3n) is 3.33. The molecule has 0 unspecified atom stereocenters. The van der Waals surface area contributed by atoms with Crippen molar-refractivity contribution >= 4 is 17.3 Å². The van der Waals surface area contributed by atoms with E-state index in [1.165, 1.54) is 25.7 Å². The molecule has 1 aliphatic rings. The lowest BCUT2D eigenvalue weighted by atomic mass is 10.1. The average molecular weight is 235 g/mol.